The summed E-state index contributed by atoms with van der Waals surface area (Å²) in [6.45, 7) is 8.95. The Hall–Kier alpha value is -4.14. The van der Waals surface area contributed by atoms with Crippen LogP contribution in [-0.4, -0.2) is 85.9 Å². The summed E-state index contributed by atoms with van der Waals surface area (Å²) in [5.41, 5.74) is 7.68. The largest absolute Gasteiger partial charge is 0.454 e. The maximum atomic E-state index is 14.6. The number of likely N-dealkylation sites (tertiary alicyclic amines) is 2. The Labute approximate surface area is 283 Å². The molecule has 0 saturated carbocycles. The molecule has 0 bridgehead atoms. The number of piperidine rings is 1. The molecule has 4 fully saturated rings. The summed E-state index contributed by atoms with van der Waals surface area (Å²) in [6, 6.07) is 23.7. The molecule has 5 aliphatic rings. The molecule has 4 aromatic rings. The van der Waals surface area contributed by atoms with Crippen molar-refractivity contribution in [2.45, 2.75) is 51.0 Å². The van der Waals surface area contributed by atoms with E-state index in [1.54, 1.807) is 0 Å². The monoisotopic (exact) mass is 643 g/mol. The first kappa shape index (κ1) is 30.0. The van der Waals surface area contributed by atoms with E-state index >= 15 is 0 Å². The minimum atomic E-state index is 0.132. The van der Waals surface area contributed by atoms with Gasteiger partial charge in [-0.05, 0) is 116 Å². The second-order valence-corrected chi connectivity index (χ2v) is 14.7. The van der Waals surface area contributed by atoms with E-state index in [9.17, 15) is 4.79 Å². The lowest BCUT2D eigenvalue weighted by Gasteiger charge is -2.49. The minimum absolute atomic E-state index is 0.132. The number of ether oxygens (including phenoxy) is 2. The molecule has 1 spiro atoms. The van der Waals surface area contributed by atoms with Crippen LogP contribution in [0.3, 0.4) is 0 Å². The highest BCUT2D eigenvalue weighted by molar-refractivity contribution is 6.07. The summed E-state index contributed by atoms with van der Waals surface area (Å²) in [4.78, 5) is 26.9. The second kappa shape index (κ2) is 12.4. The molecule has 48 heavy (non-hydrogen) atoms. The van der Waals surface area contributed by atoms with Crippen molar-refractivity contribution in [2.75, 3.05) is 64.1 Å². The van der Waals surface area contributed by atoms with Gasteiger partial charge in [0.1, 0.15) is 0 Å². The summed E-state index contributed by atoms with van der Waals surface area (Å²) < 4.78 is 11.2. The number of hydrogen-bond acceptors (Lipinski definition) is 7. The fourth-order valence-electron chi connectivity index (χ4n) is 8.62. The average molecular weight is 644 g/mol. The first-order valence-corrected chi connectivity index (χ1v) is 18.0. The number of nitrogens with one attached hydrogen (secondary N) is 1. The third-order valence-corrected chi connectivity index (χ3v) is 11.6. The predicted octanol–water partition coefficient (Wildman–Crippen LogP) is 6.11. The molecule has 0 aliphatic carbocycles. The van der Waals surface area contributed by atoms with Gasteiger partial charge in [-0.25, -0.2) is 0 Å². The van der Waals surface area contributed by atoms with Crippen LogP contribution in [0.25, 0.3) is 22.0 Å². The summed E-state index contributed by atoms with van der Waals surface area (Å²) in [5, 5.41) is 4.38. The smallest absolute Gasteiger partial charge is 0.254 e. The number of benzene rings is 3. The topological polar surface area (TPSA) is 70.2 Å². The Bertz CT molecular complexity index is 1820. The average Bonchev–Trinajstić information content (AvgIpc) is 3.90. The molecule has 248 valence electrons. The van der Waals surface area contributed by atoms with Crippen LogP contribution in [0.4, 0.5) is 5.69 Å². The number of aromatic nitrogens is 1. The van der Waals surface area contributed by atoms with Crippen molar-refractivity contribution in [3.05, 3.63) is 83.6 Å². The molecule has 1 amide bonds. The summed E-state index contributed by atoms with van der Waals surface area (Å²) in [7, 11) is 0. The van der Waals surface area contributed by atoms with Gasteiger partial charge in [0.05, 0.1) is 11.1 Å². The van der Waals surface area contributed by atoms with Crippen LogP contribution in [0.5, 0.6) is 11.5 Å². The molecule has 1 aromatic heterocycles. The Morgan fingerprint density at radius 1 is 0.833 bits per heavy atom. The second-order valence-electron chi connectivity index (χ2n) is 14.7. The zero-order valence-electron chi connectivity index (χ0n) is 27.8. The molecule has 4 saturated heterocycles. The molecule has 1 N–H and O–H groups in total. The first-order valence-electron chi connectivity index (χ1n) is 18.0. The van der Waals surface area contributed by atoms with Gasteiger partial charge in [-0.2, -0.15) is 0 Å². The molecule has 0 radical (unpaired) electrons. The number of hydrogen-bond donors (Lipinski definition) is 1. The van der Waals surface area contributed by atoms with Gasteiger partial charge in [0.15, 0.2) is 11.5 Å². The van der Waals surface area contributed by atoms with E-state index in [2.05, 4.69) is 74.6 Å². The molecule has 8 heteroatoms. The molecule has 1 unspecified atom stereocenters. The fourth-order valence-corrected chi connectivity index (χ4v) is 8.62. The molecular formula is C40H45N5O3. The summed E-state index contributed by atoms with van der Waals surface area (Å²) in [6.07, 6.45) is 7.88. The van der Waals surface area contributed by atoms with Crippen molar-refractivity contribution in [3.8, 4) is 22.6 Å². The minimum Gasteiger partial charge on any atom is -0.454 e. The lowest BCUT2D eigenvalue weighted by Crippen LogP contribution is -2.58. The van der Waals surface area contributed by atoms with E-state index in [4.69, 9.17) is 14.5 Å². The van der Waals surface area contributed by atoms with Crippen LogP contribution in [0.2, 0.25) is 0 Å². The predicted molar refractivity (Wildman–Crippen MR) is 189 cm³/mol. The van der Waals surface area contributed by atoms with Gasteiger partial charge in [-0.1, -0.05) is 24.3 Å². The molecule has 3 aromatic carbocycles. The summed E-state index contributed by atoms with van der Waals surface area (Å²) in [5.74, 6) is 1.65. The molecule has 8 nitrogen and oxygen atoms in total. The normalized spacial score (nSPS) is 21.7. The molecule has 9 rings (SSSR count). The van der Waals surface area contributed by atoms with Crippen LogP contribution in [0, 0.1) is 5.41 Å². The number of fused-ring (bicyclic) bond motifs is 2. The van der Waals surface area contributed by atoms with Gasteiger partial charge in [0.25, 0.3) is 5.91 Å². The van der Waals surface area contributed by atoms with E-state index in [1.807, 2.05) is 12.1 Å². The van der Waals surface area contributed by atoms with Crippen molar-refractivity contribution in [3.63, 3.8) is 0 Å². The number of amides is 1. The van der Waals surface area contributed by atoms with E-state index in [-0.39, 0.29) is 18.7 Å². The van der Waals surface area contributed by atoms with E-state index < -0.39 is 0 Å². The molecule has 6 heterocycles. The highest BCUT2D eigenvalue weighted by Gasteiger charge is 2.39. The van der Waals surface area contributed by atoms with Crippen LogP contribution in [0.1, 0.15) is 60.1 Å². The van der Waals surface area contributed by atoms with Gasteiger partial charge < -0.3 is 29.5 Å². The van der Waals surface area contributed by atoms with Crippen molar-refractivity contribution in [1.29, 1.82) is 0 Å². The molecular weight excluding hydrogens is 598 g/mol. The lowest BCUT2D eigenvalue weighted by atomic mass is 9.73. The zero-order chi connectivity index (χ0) is 32.1. The third kappa shape index (κ3) is 5.69. The Kier molecular flexibility index (Phi) is 7.73. The van der Waals surface area contributed by atoms with Crippen molar-refractivity contribution < 1.29 is 14.3 Å². The van der Waals surface area contributed by atoms with Gasteiger partial charge in [0, 0.05) is 68.5 Å². The van der Waals surface area contributed by atoms with E-state index in [0.717, 1.165) is 96.9 Å². The van der Waals surface area contributed by atoms with Crippen LogP contribution in [0.15, 0.2) is 66.7 Å². The van der Waals surface area contributed by atoms with E-state index in [0.29, 0.717) is 11.8 Å². The number of rotatable bonds is 7. The van der Waals surface area contributed by atoms with Gasteiger partial charge >= 0.3 is 0 Å². The number of carbonyl (C=O) groups is 1. The zero-order valence-corrected chi connectivity index (χ0v) is 27.8. The quantitative estimate of drug-likeness (QED) is 0.261. The molecule has 5 aliphatic heterocycles. The van der Waals surface area contributed by atoms with Gasteiger partial charge in [-0.15, -0.1) is 0 Å². The van der Waals surface area contributed by atoms with Crippen LogP contribution >= 0.6 is 0 Å². The number of nitrogens with zero attached hydrogens (tertiary/aromatic N) is 4. The van der Waals surface area contributed by atoms with Crippen molar-refractivity contribution in [1.82, 2.24) is 20.1 Å². The standard InChI is InChI=1S/C40H45N5O3/c46-39(45-17-3-4-33(45)24-43-15-1-2-16-43)35-23-31(20-28-5-9-32(10-6-28)44-18-13-40(14-19-44)25-41-26-40)42-36-11-7-29(21-34(35)36)30-8-12-37-38(22-30)48-27-47-37/h5-12,21-23,33,41H,1-4,13-20,24-27H2. The van der Waals surface area contributed by atoms with Crippen molar-refractivity contribution >= 4 is 22.5 Å². The van der Waals surface area contributed by atoms with Gasteiger partial charge in [-0.3, -0.25) is 9.78 Å². The van der Waals surface area contributed by atoms with Gasteiger partial charge in [0.2, 0.25) is 6.79 Å². The number of pyridine rings is 1. The Morgan fingerprint density at radius 2 is 1.60 bits per heavy atom. The first-order chi connectivity index (χ1) is 23.6. The summed E-state index contributed by atoms with van der Waals surface area (Å²) >= 11 is 0. The van der Waals surface area contributed by atoms with E-state index in [1.165, 1.54) is 50.0 Å². The molecule has 1 atom stereocenters. The van der Waals surface area contributed by atoms with Crippen LogP contribution in [-0.2, 0) is 6.42 Å². The number of anilines is 1. The van der Waals surface area contributed by atoms with Crippen LogP contribution < -0.4 is 19.7 Å². The lowest BCUT2D eigenvalue weighted by molar-refractivity contribution is 0.0710. The van der Waals surface area contributed by atoms with Crippen molar-refractivity contribution in [2.24, 2.45) is 5.41 Å². The SMILES string of the molecule is O=C(c1cc(Cc2ccc(N3CCC4(CC3)CNC4)cc2)nc2ccc(-c3ccc4c(c3)OCO4)cc12)N1CCCC1CN1CCCC1. The maximum Gasteiger partial charge on any atom is 0.254 e. The fraction of sp³-hybridized carbons (Fsp3) is 0.450. The third-order valence-electron chi connectivity index (χ3n) is 11.6. The number of carbonyl (C=O) groups excluding carboxylic acids is 1. The Balaban J connectivity index is 1.02. The highest BCUT2D eigenvalue weighted by Crippen LogP contribution is 2.38. The highest BCUT2D eigenvalue weighted by atomic mass is 16.7. The maximum absolute atomic E-state index is 14.6. The Morgan fingerprint density at radius 3 is 2.40 bits per heavy atom.